The van der Waals surface area contributed by atoms with Gasteiger partial charge in [0.1, 0.15) is 0 Å². The Labute approximate surface area is 136 Å². The van der Waals surface area contributed by atoms with Crippen molar-refractivity contribution in [2.24, 2.45) is 5.92 Å². The zero-order valence-electron chi connectivity index (χ0n) is 12.8. The molecule has 0 bridgehead atoms. The first-order valence-corrected chi connectivity index (χ1v) is 7.00. The lowest BCUT2D eigenvalue weighted by molar-refractivity contribution is -0.120. The first kappa shape index (κ1) is 18.5. The Morgan fingerprint density at radius 2 is 2.05 bits per heavy atom. The van der Waals surface area contributed by atoms with E-state index >= 15 is 0 Å². The Kier molecular flexibility index (Phi) is 7.44. The number of aliphatic hydroxyl groups is 1. The second-order valence-electron chi connectivity index (χ2n) is 5.16. The van der Waals surface area contributed by atoms with Crippen LogP contribution in [0.25, 0.3) is 0 Å². The molecule has 1 aliphatic rings. The summed E-state index contributed by atoms with van der Waals surface area (Å²) in [6.45, 7) is 1.81. The number of carbonyl (C=O) groups excluding carboxylic acids is 1. The summed E-state index contributed by atoms with van der Waals surface area (Å²) < 4.78 is 10.4. The maximum atomic E-state index is 11.9. The summed E-state index contributed by atoms with van der Waals surface area (Å²) in [4.78, 5) is 11.9. The Balaban J connectivity index is 0.00000242. The molecule has 6 nitrogen and oxygen atoms in total. The molecule has 2 unspecified atom stereocenters. The Morgan fingerprint density at radius 3 is 2.64 bits per heavy atom. The van der Waals surface area contributed by atoms with Crippen LogP contribution < -0.4 is 20.1 Å². The van der Waals surface area contributed by atoms with E-state index in [2.05, 4.69) is 10.6 Å². The van der Waals surface area contributed by atoms with Crippen LogP contribution in [0.5, 0.6) is 11.5 Å². The topological polar surface area (TPSA) is 79.8 Å². The van der Waals surface area contributed by atoms with E-state index in [1.807, 2.05) is 6.07 Å². The van der Waals surface area contributed by atoms with Crippen molar-refractivity contribution in [1.29, 1.82) is 0 Å². The maximum absolute atomic E-state index is 11.9. The predicted molar refractivity (Wildman–Crippen MR) is 85.9 cm³/mol. The fourth-order valence-corrected chi connectivity index (χ4v) is 2.41. The van der Waals surface area contributed by atoms with Crippen molar-refractivity contribution >= 4 is 18.3 Å². The van der Waals surface area contributed by atoms with Crippen molar-refractivity contribution < 1.29 is 19.4 Å². The van der Waals surface area contributed by atoms with Gasteiger partial charge in [0.2, 0.25) is 5.91 Å². The molecule has 0 saturated carbocycles. The van der Waals surface area contributed by atoms with Crippen molar-refractivity contribution in [1.82, 2.24) is 10.6 Å². The summed E-state index contributed by atoms with van der Waals surface area (Å²) >= 11 is 0. The standard InChI is InChI=1S/C15H22N2O4.ClH/c1-20-13-4-3-10(5-14(13)21-2)6-15(19)17-8-11-7-16-9-12(11)18;/h3-5,11-12,16,18H,6-9H2,1-2H3,(H,17,19);1H. The summed E-state index contributed by atoms with van der Waals surface area (Å²) in [5, 5.41) is 15.6. The summed E-state index contributed by atoms with van der Waals surface area (Å²) in [5.41, 5.74) is 0.857. The first-order valence-electron chi connectivity index (χ1n) is 7.00. The van der Waals surface area contributed by atoms with Gasteiger partial charge in [-0.3, -0.25) is 4.79 Å². The minimum Gasteiger partial charge on any atom is -0.493 e. The molecular formula is C15H23ClN2O4. The zero-order chi connectivity index (χ0) is 15.2. The van der Waals surface area contributed by atoms with Gasteiger partial charge in [0.05, 0.1) is 26.7 Å². The third-order valence-electron chi connectivity index (χ3n) is 3.68. The number of carbonyl (C=O) groups is 1. The SMILES string of the molecule is COc1ccc(CC(=O)NCC2CNCC2O)cc1OC.Cl. The largest absolute Gasteiger partial charge is 0.493 e. The van der Waals surface area contributed by atoms with E-state index in [-0.39, 0.29) is 36.8 Å². The number of hydrogen-bond donors (Lipinski definition) is 3. The number of halogens is 1. The molecule has 22 heavy (non-hydrogen) atoms. The van der Waals surface area contributed by atoms with E-state index in [0.29, 0.717) is 24.6 Å². The van der Waals surface area contributed by atoms with Crippen molar-refractivity contribution in [3.63, 3.8) is 0 Å². The number of aliphatic hydroxyl groups excluding tert-OH is 1. The molecule has 0 aliphatic carbocycles. The number of rotatable bonds is 6. The molecule has 1 fully saturated rings. The van der Waals surface area contributed by atoms with Gasteiger partial charge in [-0.15, -0.1) is 12.4 Å². The molecular weight excluding hydrogens is 308 g/mol. The molecule has 2 atom stereocenters. The van der Waals surface area contributed by atoms with Crippen LogP contribution >= 0.6 is 12.4 Å². The summed E-state index contributed by atoms with van der Waals surface area (Å²) in [6.07, 6.45) is -0.109. The average Bonchev–Trinajstić information content (AvgIpc) is 2.90. The summed E-state index contributed by atoms with van der Waals surface area (Å²) in [6, 6.07) is 5.42. The number of β-amino-alcohol motifs (C(OH)–C–C–N with tert-alkyl or cyclic N) is 1. The molecule has 1 aliphatic heterocycles. The number of ether oxygens (including phenoxy) is 2. The highest BCUT2D eigenvalue weighted by atomic mass is 35.5. The molecule has 7 heteroatoms. The Morgan fingerprint density at radius 1 is 1.32 bits per heavy atom. The fourth-order valence-electron chi connectivity index (χ4n) is 2.41. The summed E-state index contributed by atoms with van der Waals surface area (Å²) in [5.74, 6) is 1.26. The lowest BCUT2D eigenvalue weighted by Gasteiger charge is -2.14. The van der Waals surface area contributed by atoms with Gasteiger partial charge in [0, 0.05) is 25.6 Å². The smallest absolute Gasteiger partial charge is 0.224 e. The molecule has 1 saturated heterocycles. The fraction of sp³-hybridized carbons (Fsp3) is 0.533. The second-order valence-corrected chi connectivity index (χ2v) is 5.16. The molecule has 1 heterocycles. The normalized spacial score (nSPS) is 20.1. The minimum atomic E-state index is -0.383. The van der Waals surface area contributed by atoms with Crippen LogP contribution in [0, 0.1) is 5.92 Å². The van der Waals surface area contributed by atoms with Gasteiger partial charge < -0.3 is 25.2 Å². The van der Waals surface area contributed by atoms with Crippen LogP contribution in [0.3, 0.4) is 0 Å². The van der Waals surface area contributed by atoms with Crippen LogP contribution in [0.1, 0.15) is 5.56 Å². The van der Waals surface area contributed by atoms with Gasteiger partial charge in [-0.1, -0.05) is 6.07 Å². The Bertz CT molecular complexity index is 498. The lowest BCUT2D eigenvalue weighted by Crippen LogP contribution is -2.35. The van der Waals surface area contributed by atoms with Gasteiger partial charge in [-0.2, -0.15) is 0 Å². The number of hydrogen-bond acceptors (Lipinski definition) is 5. The predicted octanol–water partition coefficient (Wildman–Crippen LogP) is 0.365. The highest BCUT2D eigenvalue weighted by molar-refractivity contribution is 5.85. The molecule has 2 rings (SSSR count). The van der Waals surface area contributed by atoms with Gasteiger partial charge in [0.15, 0.2) is 11.5 Å². The average molecular weight is 331 g/mol. The van der Waals surface area contributed by atoms with Crippen molar-refractivity contribution in [2.75, 3.05) is 33.9 Å². The monoisotopic (exact) mass is 330 g/mol. The van der Waals surface area contributed by atoms with Gasteiger partial charge in [-0.25, -0.2) is 0 Å². The van der Waals surface area contributed by atoms with Crippen molar-refractivity contribution in [3.05, 3.63) is 23.8 Å². The van der Waals surface area contributed by atoms with E-state index in [0.717, 1.165) is 12.1 Å². The van der Waals surface area contributed by atoms with E-state index in [9.17, 15) is 9.90 Å². The zero-order valence-corrected chi connectivity index (χ0v) is 13.6. The molecule has 124 valence electrons. The van der Waals surface area contributed by atoms with Crippen LogP contribution in [0.15, 0.2) is 18.2 Å². The van der Waals surface area contributed by atoms with Crippen LogP contribution in [-0.4, -0.2) is 51.0 Å². The van der Waals surface area contributed by atoms with E-state index in [1.165, 1.54) is 0 Å². The molecule has 0 radical (unpaired) electrons. The van der Waals surface area contributed by atoms with E-state index in [1.54, 1.807) is 26.4 Å². The molecule has 1 aromatic rings. The van der Waals surface area contributed by atoms with Crippen LogP contribution in [0.4, 0.5) is 0 Å². The minimum absolute atomic E-state index is 0. The molecule has 0 spiro atoms. The third kappa shape index (κ3) is 4.76. The maximum Gasteiger partial charge on any atom is 0.224 e. The highest BCUT2D eigenvalue weighted by Gasteiger charge is 2.24. The lowest BCUT2D eigenvalue weighted by atomic mass is 10.1. The van der Waals surface area contributed by atoms with E-state index in [4.69, 9.17) is 9.47 Å². The molecule has 1 amide bonds. The number of amides is 1. The van der Waals surface area contributed by atoms with Crippen molar-refractivity contribution in [3.8, 4) is 11.5 Å². The second kappa shape index (κ2) is 8.82. The van der Waals surface area contributed by atoms with Crippen LogP contribution in [0.2, 0.25) is 0 Å². The Hall–Kier alpha value is -1.50. The number of nitrogens with one attached hydrogen (secondary N) is 2. The molecule has 3 N–H and O–H groups in total. The third-order valence-corrected chi connectivity index (χ3v) is 3.68. The van der Waals surface area contributed by atoms with Crippen molar-refractivity contribution in [2.45, 2.75) is 12.5 Å². The van der Waals surface area contributed by atoms with Crippen LogP contribution in [-0.2, 0) is 11.2 Å². The summed E-state index contributed by atoms with van der Waals surface area (Å²) in [7, 11) is 3.14. The van der Waals surface area contributed by atoms with E-state index < -0.39 is 0 Å². The highest BCUT2D eigenvalue weighted by Crippen LogP contribution is 2.27. The van der Waals surface area contributed by atoms with Gasteiger partial charge in [-0.05, 0) is 17.7 Å². The number of methoxy groups -OCH3 is 2. The quantitative estimate of drug-likeness (QED) is 0.702. The number of benzene rings is 1. The first-order chi connectivity index (χ1) is 10.1. The molecule has 0 aromatic heterocycles. The van der Waals surface area contributed by atoms with Gasteiger partial charge in [0.25, 0.3) is 0 Å². The molecule has 1 aromatic carbocycles. The van der Waals surface area contributed by atoms with Gasteiger partial charge >= 0.3 is 0 Å².